The third-order valence-electron chi connectivity index (χ3n) is 3.88. The zero-order valence-electron chi connectivity index (χ0n) is 11.1. The average molecular weight is 263 g/mol. The van der Waals surface area contributed by atoms with E-state index in [0.29, 0.717) is 11.9 Å². The van der Waals surface area contributed by atoms with Crippen molar-refractivity contribution in [3.05, 3.63) is 29.8 Å². The summed E-state index contributed by atoms with van der Waals surface area (Å²) in [7, 11) is 0. The SMILES string of the molecule is Oc1cccc([C@H]2CN(C[C@@H]3CCCO3)CCO2)c1. The summed E-state index contributed by atoms with van der Waals surface area (Å²) in [5, 5.41) is 9.55. The van der Waals surface area contributed by atoms with E-state index < -0.39 is 0 Å². The summed E-state index contributed by atoms with van der Waals surface area (Å²) in [6, 6.07) is 7.36. The molecule has 4 nitrogen and oxygen atoms in total. The summed E-state index contributed by atoms with van der Waals surface area (Å²) >= 11 is 0. The van der Waals surface area contributed by atoms with Gasteiger partial charge in [0.25, 0.3) is 0 Å². The fraction of sp³-hybridized carbons (Fsp3) is 0.600. The molecule has 104 valence electrons. The standard InChI is InChI=1S/C15H21NO3/c17-13-4-1-3-12(9-13)15-11-16(6-8-19-15)10-14-5-2-7-18-14/h1,3-4,9,14-15,17H,2,5-8,10-11H2/t14-,15+/m0/s1. The van der Waals surface area contributed by atoms with Crippen LogP contribution in [0.2, 0.25) is 0 Å². The van der Waals surface area contributed by atoms with E-state index in [9.17, 15) is 5.11 Å². The summed E-state index contributed by atoms with van der Waals surface area (Å²) < 4.78 is 11.5. The lowest BCUT2D eigenvalue weighted by molar-refractivity contribution is -0.0446. The Bertz CT molecular complexity index is 418. The number of rotatable bonds is 3. The van der Waals surface area contributed by atoms with Gasteiger partial charge in [0.05, 0.1) is 18.8 Å². The van der Waals surface area contributed by atoms with E-state index in [1.54, 1.807) is 12.1 Å². The van der Waals surface area contributed by atoms with E-state index in [1.165, 1.54) is 12.8 Å². The summed E-state index contributed by atoms with van der Waals surface area (Å²) in [4.78, 5) is 2.41. The first-order valence-electron chi connectivity index (χ1n) is 7.06. The molecule has 2 heterocycles. The van der Waals surface area contributed by atoms with Gasteiger partial charge in [0.15, 0.2) is 0 Å². The third kappa shape index (κ3) is 3.26. The van der Waals surface area contributed by atoms with E-state index >= 15 is 0 Å². The number of phenols is 1. The quantitative estimate of drug-likeness (QED) is 0.905. The second kappa shape index (κ2) is 5.90. The lowest BCUT2D eigenvalue weighted by Crippen LogP contribution is -2.42. The van der Waals surface area contributed by atoms with E-state index in [4.69, 9.17) is 9.47 Å². The average Bonchev–Trinajstić information content (AvgIpc) is 2.92. The molecular weight excluding hydrogens is 242 g/mol. The number of morpholine rings is 1. The fourth-order valence-electron chi connectivity index (χ4n) is 2.87. The Balaban J connectivity index is 1.61. The predicted molar refractivity (Wildman–Crippen MR) is 72.2 cm³/mol. The van der Waals surface area contributed by atoms with Crippen molar-refractivity contribution in [2.75, 3.05) is 32.8 Å². The number of nitrogens with zero attached hydrogens (tertiary/aromatic N) is 1. The fourth-order valence-corrected chi connectivity index (χ4v) is 2.87. The normalized spacial score (nSPS) is 28.6. The molecule has 1 aromatic rings. The molecule has 1 aromatic carbocycles. The van der Waals surface area contributed by atoms with Gasteiger partial charge in [-0.1, -0.05) is 12.1 Å². The van der Waals surface area contributed by atoms with Crippen LogP contribution in [0, 0.1) is 0 Å². The third-order valence-corrected chi connectivity index (χ3v) is 3.88. The minimum atomic E-state index is 0.0576. The maximum Gasteiger partial charge on any atom is 0.115 e. The van der Waals surface area contributed by atoms with Crippen molar-refractivity contribution < 1.29 is 14.6 Å². The molecule has 0 spiro atoms. The molecule has 0 radical (unpaired) electrons. The molecule has 0 aromatic heterocycles. The van der Waals surface area contributed by atoms with Crippen LogP contribution in [0.25, 0.3) is 0 Å². The monoisotopic (exact) mass is 263 g/mol. The van der Waals surface area contributed by atoms with Gasteiger partial charge in [-0.05, 0) is 30.5 Å². The van der Waals surface area contributed by atoms with Crippen LogP contribution in [-0.4, -0.2) is 49.0 Å². The zero-order valence-corrected chi connectivity index (χ0v) is 11.1. The Morgan fingerprint density at radius 1 is 1.26 bits per heavy atom. The highest BCUT2D eigenvalue weighted by molar-refractivity contribution is 5.29. The molecule has 4 heteroatoms. The van der Waals surface area contributed by atoms with Crippen LogP contribution < -0.4 is 0 Å². The number of aromatic hydroxyl groups is 1. The van der Waals surface area contributed by atoms with Crippen LogP contribution in [0.1, 0.15) is 24.5 Å². The van der Waals surface area contributed by atoms with E-state index in [-0.39, 0.29) is 6.10 Å². The maximum absolute atomic E-state index is 9.55. The van der Waals surface area contributed by atoms with Crippen molar-refractivity contribution in [2.24, 2.45) is 0 Å². The van der Waals surface area contributed by atoms with Gasteiger partial charge in [-0.25, -0.2) is 0 Å². The summed E-state index contributed by atoms with van der Waals surface area (Å²) in [5.74, 6) is 0.303. The van der Waals surface area contributed by atoms with Crippen molar-refractivity contribution >= 4 is 0 Å². The van der Waals surface area contributed by atoms with Gasteiger partial charge in [0, 0.05) is 26.2 Å². The van der Waals surface area contributed by atoms with Crippen LogP contribution in [0.5, 0.6) is 5.75 Å². The highest BCUT2D eigenvalue weighted by Gasteiger charge is 2.25. The topological polar surface area (TPSA) is 41.9 Å². The smallest absolute Gasteiger partial charge is 0.115 e. The van der Waals surface area contributed by atoms with Gasteiger partial charge in [0.2, 0.25) is 0 Å². The van der Waals surface area contributed by atoms with E-state index in [0.717, 1.165) is 38.4 Å². The second-order valence-corrected chi connectivity index (χ2v) is 5.35. The Morgan fingerprint density at radius 2 is 2.21 bits per heavy atom. The number of hydrogen-bond donors (Lipinski definition) is 1. The van der Waals surface area contributed by atoms with Gasteiger partial charge in [-0.2, -0.15) is 0 Å². The highest BCUT2D eigenvalue weighted by atomic mass is 16.5. The molecule has 2 aliphatic heterocycles. The van der Waals surface area contributed by atoms with Crippen molar-refractivity contribution in [3.63, 3.8) is 0 Å². The van der Waals surface area contributed by atoms with Crippen LogP contribution in [-0.2, 0) is 9.47 Å². The van der Waals surface area contributed by atoms with Gasteiger partial charge < -0.3 is 14.6 Å². The molecule has 19 heavy (non-hydrogen) atoms. The molecule has 1 N–H and O–H groups in total. The van der Waals surface area contributed by atoms with Crippen molar-refractivity contribution in [1.82, 2.24) is 4.90 Å². The molecule has 0 unspecified atom stereocenters. The van der Waals surface area contributed by atoms with E-state index in [1.807, 2.05) is 12.1 Å². The van der Waals surface area contributed by atoms with Crippen LogP contribution >= 0.6 is 0 Å². The zero-order chi connectivity index (χ0) is 13.1. The molecule has 0 bridgehead atoms. The Morgan fingerprint density at radius 3 is 3.00 bits per heavy atom. The first kappa shape index (κ1) is 12.9. The van der Waals surface area contributed by atoms with Gasteiger partial charge in [0.1, 0.15) is 5.75 Å². The van der Waals surface area contributed by atoms with Crippen molar-refractivity contribution in [1.29, 1.82) is 0 Å². The molecule has 2 saturated heterocycles. The Kier molecular flexibility index (Phi) is 4.01. The Hall–Kier alpha value is -1.10. The summed E-state index contributed by atoms with van der Waals surface area (Å²) in [6.07, 6.45) is 2.81. The lowest BCUT2D eigenvalue weighted by atomic mass is 10.1. The molecule has 0 aliphatic carbocycles. The molecule has 3 rings (SSSR count). The van der Waals surface area contributed by atoms with Crippen LogP contribution in [0.4, 0.5) is 0 Å². The van der Waals surface area contributed by atoms with Crippen molar-refractivity contribution in [3.8, 4) is 5.75 Å². The van der Waals surface area contributed by atoms with Gasteiger partial charge >= 0.3 is 0 Å². The molecule has 2 atom stereocenters. The van der Waals surface area contributed by atoms with Crippen LogP contribution in [0.15, 0.2) is 24.3 Å². The molecule has 0 saturated carbocycles. The molecule has 2 fully saturated rings. The summed E-state index contributed by atoms with van der Waals surface area (Å²) in [6.45, 7) is 4.50. The highest BCUT2D eigenvalue weighted by Crippen LogP contribution is 2.25. The minimum Gasteiger partial charge on any atom is -0.508 e. The van der Waals surface area contributed by atoms with Crippen LogP contribution in [0.3, 0.4) is 0 Å². The van der Waals surface area contributed by atoms with E-state index in [2.05, 4.69) is 4.90 Å². The lowest BCUT2D eigenvalue weighted by Gasteiger charge is -2.34. The molecular formula is C15H21NO3. The number of benzene rings is 1. The maximum atomic E-state index is 9.55. The molecule has 0 amide bonds. The molecule has 2 aliphatic rings. The largest absolute Gasteiger partial charge is 0.508 e. The van der Waals surface area contributed by atoms with Gasteiger partial charge in [-0.3, -0.25) is 4.90 Å². The number of ether oxygens (including phenoxy) is 2. The minimum absolute atomic E-state index is 0.0576. The Labute approximate surface area is 113 Å². The second-order valence-electron chi connectivity index (χ2n) is 5.35. The number of phenolic OH excluding ortho intramolecular Hbond substituents is 1. The first-order valence-corrected chi connectivity index (χ1v) is 7.06. The summed E-state index contributed by atoms with van der Waals surface area (Å²) in [5.41, 5.74) is 1.05. The first-order chi connectivity index (χ1) is 9.31. The van der Waals surface area contributed by atoms with Gasteiger partial charge in [-0.15, -0.1) is 0 Å². The number of hydrogen-bond acceptors (Lipinski definition) is 4. The predicted octanol–water partition coefficient (Wildman–Crippen LogP) is 1.94. The van der Waals surface area contributed by atoms with Crippen molar-refractivity contribution in [2.45, 2.75) is 25.0 Å².